The minimum absolute atomic E-state index is 0.166. The van der Waals surface area contributed by atoms with Gasteiger partial charge in [-0.05, 0) is 24.6 Å². The van der Waals surface area contributed by atoms with Crippen molar-refractivity contribution in [2.24, 2.45) is 0 Å². The molecule has 1 heterocycles. The van der Waals surface area contributed by atoms with Crippen LogP contribution in [0.5, 0.6) is 0 Å². The van der Waals surface area contributed by atoms with Crippen LogP contribution in [0, 0.1) is 11.3 Å². The fourth-order valence-electron chi connectivity index (χ4n) is 2.03. The normalized spacial score (nSPS) is 18.9. The average Bonchev–Trinajstić information content (AvgIpc) is 2.51. The van der Waals surface area contributed by atoms with Gasteiger partial charge in [-0.3, -0.25) is 0 Å². The maximum absolute atomic E-state index is 11.5. The predicted molar refractivity (Wildman–Crippen MR) is 71.1 cm³/mol. The van der Waals surface area contributed by atoms with Crippen molar-refractivity contribution in [2.45, 2.75) is 6.42 Å². The Bertz CT molecular complexity index is 590. The van der Waals surface area contributed by atoms with Gasteiger partial charge in [0, 0.05) is 24.5 Å². The van der Waals surface area contributed by atoms with Crippen LogP contribution in [0.25, 0.3) is 0 Å². The van der Waals surface area contributed by atoms with Crippen molar-refractivity contribution in [3.8, 4) is 6.07 Å². The maximum Gasteiger partial charge on any atom is 0.152 e. The molecule has 1 aliphatic rings. The van der Waals surface area contributed by atoms with Gasteiger partial charge in [-0.25, -0.2) is 8.42 Å². The van der Waals surface area contributed by atoms with Gasteiger partial charge in [-0.2, -0.15) is 5.26 Å². The SMILES string of the molecule is N#Cc1cc(N2CCCS(=O)(=O)CC2)ccc1N. The van der Waals surface area contributed by atoms with Crippen molar-refractivity contribution < 1.29 is 8.42 Å². The van der Waals surface area contributed by atoms with Crippen molar-refractivity contribution in [1.29, 1.82) is 5.26 Å². The second kappa shape index (κ2) is 4.86. The molecule has 0 aromatic heterocycles. The molecule has 1 saturated heterocycles. The second-order valence-corrected chi connectivity index (χ2v) is 6.68. The van der Waals surface area contributed by atoms with Gasteiger partial charge < -0.3 is 10.6 Å². The smallest absolute Gasteiger partial charge is 0.152 e. The quantitative estimate of drug-likeness (QED) is 0.758. The Morgan fingerprint density at radius 3 is 2.78 bits per heavy atom. The van der Waals surface area contributed by atoms with Crippen LogP contribution in [0.3, 0.4) is 0 Å². The summed E-state index contributed by atoms with van der Waals surface area (Å²) in [6, 6.07) is 7.27. The second-order valence-electron chi connectivity index (χ2n) is 4.38. The zero-order valence-corrected chi connectivity index (χ0v) is 10.8. The Morgan fingerprint density at radius 1 is 1.28 bits per heavy atom. The summed E-state index contributed by atoms with van der Waals surface area (Å²) in [4.78, 5) is 1.99. The van der Waals surface area contributed by atoms with E-state index >= 15 is 0 Å². The Morgan fingerprint density at radius 2 is 2.06 bits per heavy atom. The summed E-state index contributed by atoms with van der Waals surface area (Å²) >= 11 is 0. The third-order valence-corrected chi connectivity index (χ3v) is 4.79. The fourth-order valence-corrected chi connectivity index (χ4v) is 3.31. The first-order valence-electron chi connectivity index (χ1n) is 5.77. The number of nitrogen functional groups attached to an aromatic ring is 1. The minimum atomic E-state index is -2.92. The van der Waals surface area contributed by atoms with E-state index in [0.29, 0.717) is 30.8 Å². The van der Waals surface area contributed by atoms with Crippen molar-refractivity contribution in [3.05, 3.63) is 23.8 Å². The lowest BCUT2D eigenvalue weighted by Gasteiger charge is -2.22. The number of nitrogens with two attached hydrogens (primary N) is 1. The first kappa shape index (κ1) is 12.7. The highest BCUT2D eigenvalue weighted by Gasteiger charge is 2.19. The summed E-state index contributed by atoms with van der Waals surface area (Å²) < 4.78 is 23.1. The number of nitriles is 1. The van der Waals surface area contributed by atoms with Crippen LogP contribution < -0.4 is 10.6 Å². The van der Waals surface area contributed by atoms with E-state index in [1.54, 1.807) is 12.1 Å². The first-order valence-corrected chi connectivity index (χ1v) is 7.59. The molecule has 0 aliphatic carbocycles. The molecule has 0 spiro atoms. The van der Waals surface area contributed by atoms with Gasteiger partial charge >= 0.3 is 0 Å². The van der Waals surface area contributed by atoms with Crippen molar-refractivity contribution in [2.75, 3.05) is 35.2 Å². The molecule has 1 aromatic rings. The van der Waals surface area contributed by atoms with Crippen LogP contribution in [0.1, 0.15) is 12.0 Å². The van der Waals surface area contributed by atoms with Crippen molar-refractivity contribution in [1.82, 2.24) is 0 Å². The van der Waals surface area contributed by atoms with Gasteiger partial charge in [-0.1, -0.05) is 0 Å². The van der Waals surface area contributed by atoms with Crippen LogP contribution in [0.2, 0.25) is 0 Å². The van der Waals surface area contributed by atoms with Crippen LogP contribution >= 0.6 is 0 Å². The highest BCUT2D eigenvalue weighted by Crippen LogP contribution is 2.22. The molecule has 2 N–H and O–H groups in total. The Hall–Kier alpha value is -1.74. The van der Waals surface area contributed by atoms with Crippen LogP contribution in [0.4, 0.5) is 11.4 Å². The van der Waals surface area contributed by atoms with Crippen molar-refractivity contribution >= 4 is 21.2 Å². The van der Waals surface area contributed by atoms with E-state index in [2.05, 4.69) is 0 Å². The molecular formula is C12H15N3O2S. The molecule has 1 fully saturated rings. The van der Waals surface area contributed by atoms with E-state index in [9.17, 15) is 8.42 Å². The predicted octanol–water partition coefficient (Wildman–Crippen LogP) is 0.765. The van der Waals surface area contributed by atoms with E-state index in [1.165, 1.54) is 0 Å². The lowest BCUT2D eigenvalue weighted by molar-refractivity contribution is 0.597. The minimum Gasteiger partial charge on any atom is -0.398 e. The summed E-state index contributed by atoms with van der Waals surface area (Å²) in [6.07, 6.45) is 0.620. The van der Waals surface area contributed by atoms with E-state index < -0.39 is 9.84 Å². The summed E-state index contributed by atoms with van der Waals surface area (Å²) in [5.74, 6) is 0.406. The average molecular weight is 265 g/mol. The van der Waals surface area contributed by atoms with Crippen LogP contribution in [-0.4, -0.2) is 33.0 Å². The fraction of sp³-hybridized carbons (Fsp3) is 0.417. The van der Waals surface area contributed by atoms with E-state index in [4.69, 9.17) is 11.0 Å². The number of nitrogens with zero attached hydrogens (tertiary/aromatic N) is 2. The lowest BCUT2D eigenvalue weighted by atomic mass is 10.1. The molecule has 96 valence electrons. The van der Waals surface area contributed by atoms with Crippen LogP contribution in [0.15, 0.2) is 18.2 Å². The number of sulfone groups is 1. The molecule has 0 unspecified atom stereocenters. The zero-order chi connectivity index (χ0) is 13.2. The molecule has 5 nitrogen and oxygen atoms in total. The summed E-state index contributed by atoms with van der Waals surface area (Å²) in [6.45, 7) is 1.16. The highest BCUT2D eigenvalue weighted by atomic mass is 32.2. The number of rotatable bonds is 1. The number of benzene rings is 1. The molecule has 0 radical (unpaired) electrons. The molecule has 6 heteroatoms. The van der Waals surface area contributed by atoms with E-state index in [0.717, 1.165) is 5.69 Å². The molecule has 2 rings (SSSR count). The monoisotopic (exact) mass is 265 g/mol. The zero-order valence-electron chi connectivity index (χ0n) is 9.96. The maximum atomic E-state index is 11.5. The first-order chi connectivity index (χ1) is 8.52. The molecule has 0 atom stereocenters. The molecule has 1 aliphatic heterocycles. The van der Waals surface area contributed by atoms with Crippen LogP contribution in [-0.2, 0) is 9.84 Å². The van der Waals surface area contributed by atoms with Gasteiger partial charge in [0.1, 0.15) is 6.07 Å². The molecule has 0 saturated carbocycles. The number of hydrogen-bond acceptors (Lipinski definition) is 5. The van der Waals surface area contributed by atoms with Gasteiger partial charge in [0.05, 0.1) is 17.1 Å². The van der Waals surface area contributed by atoms with Gasteiger partial charge in [0.15, 0.2) is 9.84 Å². The largest absolute Gasteiger partial charge is 0.398 e. The summed E-state index contributed by atoms with van der Waals surface area (Å²) in [5, 5.41) is 8.94. The Kier molecular flexibility index (Phi) is 3.43. The standard InChI is InChI=1S/C12H15N3O2S/c13-9-10-8-11(2-3-12(10)14)15-4-1-6-18(16,17)7-5-15/h2-3,8H,1,4-7,14H2. The van der Waals surface area contributed by atoms with Gasteiger partial charge in [0.25, 0.3) is 0 Å². The molecular weight excluding hydrogens is 250 g/mol. The summed E-state index contributed by atoms with van der Waals surface area (Å²) in [7, 11) is -2.92. The van der Waals surface area contributed by atoms with Crippen molar-refractivity contribution in [3.63, 3.8) is 0 Å². The lowest BCUT2D eigenvalue weighted by Crippen LogP contribution is -2.26. The highest BCUT2D eigenvalue weighted by molar-refractivity contribution is 7.91. The topological polar surface area (TPSA) is 87.2 Å². The molecule has 1 aromatic carbocycles. The molecule has 0 amide bonds. The van der Waals surface area contributed by atoms with E-state index in [1.807, 2.05) is 17.0 Å². The van der Waals surface area contributed by atoms with Gasteiger partial charge in [0.2, 0.25) is 0 Å². The number of hydrogen-bond donors (Lipinski definition) is 1. The van der Waals surface area contributed by atoms with E-state index in [-0.39, 0.29) is 11.5 Å². The Labute approximate surface area is 107 Å². The molecule has 18 heavy (non-hydrogen) atoms. The van der Waals surface area contributed by atoms with Gasteiger partial charge in [-0.15, -0.1) is 0 Å². The third-order valence-electron chi connectivity index (χ3n) is 3.08. The third kappa shape index (κ3) is 2.74. The number of anilines is 2. The molecule has 0 bridgehead atoms. The summed E-state index contributed by atoms with van der Waals surface area (Å²) in [5.41, 5.74) is 7.40. The Balaban J connectivity index is 2.24.